The zero-order chi connectivity index (χ0) is 14.2. The minimum atomic E-state index is -3.59. The lowest BCUT2D eigenvalue weighted by atomic mass is 9.99. The van der Waals surface area contributed by atoms with Gasteiger partial charge in [0.2, 0.25) is 10.0 Å². The van der Waals surface area contributed by atoms with Crippen molar-refractivity contribution in [3.8, 4) is 0 Å². The van der Waals surface area contributed by atoms with Gasteiger partial charge in [0.1, 0.15) is 0 Å². The summed E-state index contributed by atoms with van der Waals surface area (Å²) in [5, 5.41) is 9.05. The van der Waals surface area contributed by atoms with Gasteiger partial charge in [-0.05, 0) is 52.8 Å². The first-order chi connectivity index (χ1) is 8.82. The molecule has 1 aliphatic heterocycles. The molecule has 104 valence electrons. The third-order valence-electron chi connectivity index (χ3n) is 3.35. The van der Waals surface area contributed by atoms with Crippen molar-refractivity contribution in [3.05, 3.63) is 27.8 Å². The average molecular weight is 395 g/mol. The van der Waals surface area contributed by atoms with Gasteiger partial charge in [0.05, 0.1) is 10.8 Å². The number of hydrogen-bond donors (Lipinski definition) is 1. The molecular formula is C12H14INO4S. The third-order valence-corrected chi connectivity index (χ3v) is 5.91. The molecule has 2 rings (SSSR count). The number of benzene rings is 1. The van der Waals surface area contributed by atoms with Gasteiger partial charge in [-0.25, -0.2) is 8.42 Å². The van der Waals surface area contributed by atoms with E-state index in [4.69, 9.17) is 5.11 Å². The smallest absolute Gasteiger partial charge is 0.308 e. The first-order valence-electron chi connectivity index (χ1n) is 5.81. The molecular weight excluding hydrogens is 381 g/mol. The predicted octanol–water partition coefficient (Wildman–Crippen LogP) is 1.63. The molecule has 1 heterocycles. The molecule has 0 amide bonds. The molecule has 0 aromatic heterocycles. The molecule has 1 N–H and O–H groups in total. The van der Waals surface area contributed by atoms with Crippen molar-refractivity contribution < 1.29 is 18.3 Å². The molecule has 1 aromatic rings. The summed E-state index contributed by atoms with van der Waals surface area (Å²) in [6, 6.07) is 6.55. The lowest BCUT2D eigenvalue weighted by Gasteiger charge is -2.16. The normalized spacial score (nSPS) is 24.5. The zero-order valence-electron chi connectivity index (χ0n) is 10.3. The summed E-state index contributed by atoms with van der Waals surface area (Å²) in [5.41, 5.74) is 0. The van der Waals surface area contributed by atoms with Crippen molar-refractivity contribution in [3.63, 3.8) is 0 Å². The van der Waals surface area contributed by atoms with Crippen LogP contribution in [0.2, 0.25) is 0 Å². The molecule has 1 aromatic carbocycles. The first kappa shape index (κ1) is 14.7. The number of sulfonamides is 1. The van der Waals surface area contributed by atoms with Crippen LogP contribution in [0.25, 0.3) is 0 Å². The van der Waals surface area contributed by atoms with E-state index in [1.807, 2.05) is 0 Å². The van der Waals surface area contributed by atoms with Crippen molar-refractivity contribution >= 4 is 38.6 Å². The summed E-state index contributed by atoms with van der Waals surface area (Å²) in [6.45, 7) is 2.07. The monoisotopic (exact) mass is 395 g/mol. The minimum absolute atomic E-state index is 0.0464. The van der Waals surface area contributed by atoms with Crippen LogP contribution in [0.1, 0.15) is 6.92 Å². The molecule has 1 fully saturated rings. The molecule has 0 saturated carbocycles. The number of hydrogen-bond acceptors (Lipinski definition) is 3. The van der Waals surface area contributed by atoms with Crippen LogP contribution in [0.5, 0.6) is 0 Å². The van der Waals surface area contributed by atoms with Crippen LogP contribution >= 0.6 is 22.6 Å². The van der Waals surface area contributed by atoms with Crippen LogP contribution in [0.3, 0.4) is 0 Å². The van der Waals surface area contributed by atoms with E-state index in [9.17, 15) is 13.2 Å². The molecule has 1 saturated heterocycles. The van der Waals surface area contributed by atoms with Gasteiger partial charge < -0.3 is 5.11 Å². The van der Waals surface area contributed by atoms with Gasteiger partial charge >= 0.3 is 5.97 Å². The van der Waals surface area contributed by atoms with Crippen molar-refractivity contribution in [1.82, 2.24) is 4.31 Å². The van der Waals surface area contributed by atoms with E-state index in [0.29, 0.717) is 0 Å². The standard InChI is InChI=1S/C12H14INO4S/c1-8-6-14(7-11(8)12(15)16)19(17,18)10-4-2-9(13)3-5-10/h2-5,8,11H,6-7H2,1H3,(H,15,16)/t8-,11-/m1/s1. The Kier molecular flexibility index (Phi) is 4.17. The molecule has 19 heavy (non-hydrogen) atoms. The second-order valence-electron chi connectivity index (χ2n) is 4.70. The van der Waals surface area contributed by atoms with Gasteiger partial charge in [-0.1, -0.05) is 6.92 Å². The van der Waals surface area contributed by atoms with Gasteiger partial charge in [0.15, 0.2) is 0 Å². The summed E-state index contributed by atoms with van der Waals surface area (Å²) in [4.78, 5) is 11.3. The topological polar surface area (TPSA) is 74.7 Å². The van der Waals surface area contributed by atoms with Crippen molar-refractivity contribution in [1.29, 1.82) is 0 Å². The Morgan fingerprint density at radius 3 is 2.37 bits per heavy atom. The fraction of sp³-hybridized carbons (Fsp3) is 0.417. The van der Waals surface area contributed by atoms with E-state index in [1.165, 1.54) is 4.31 Å². The second kappa shape index (κ2) is 5.37. The van der Waals surface area contributed by atoms with Crippen LogP contribution in [0, 0.1) is 15.4 Å². The molecule has 0 unspecified atom stereocenters. The molecule has 0 spiro atoms. The molecule has 1 aliphatic rings. The molecule has 7 heteroatoms. The number of rotatable bonds is 3. The van der Waals surface area contributed by atoms with Crippen LogP contribution in [-0.2, 0) is 14.8 Å². The maximum absolute atomic E-state index is 12.4. The molecule has 2 atom stereocenters. The Balaban J connectivity index is 2.27. The zero-order valence-corrected chi connectivity index (χ0v) is 13.3. The molecule has 5 nitrogen and oxygen atoms in total. The Labute approximate surface area is 125 Å². The second-order valence-corrected chi connectivity index (χ2v) is 7.88. The SMILES string of the molecule is C[C@@H]1CN(S(=O)(=O)c2ccc(I)cc2)C[C@H]1C(=O)O. The Morgan fingerprint density at radius 2 is 1.89 bits per heavy atom. The quantitative estimate of drug-likeness (QED) is 0.790. The summed E-state index contributed by atoms with van der Waals surface area (Å²) in [7, 11) is -3.59. The minimum Gasteiger partial charge on any atom is -0.481 e. The number of carboxylic acids is 1. The third kappa shape index (κ3) is 2.92. The average Bonchev–Trinajstić information content (AvgIpc) is 2.72. The number of carboxylic acid groups (broad SMARTS) is 1. The van der Waals surface area contributed by atoms with Gasteiger partial charge in [-0.15, -0.1) is 0 Å². The fourth-order valence-corrected chi connectivity index (χ4v) is 4.12. The number of halogens is 1. The Morgan fingerprint density at radius 1 is 1.32 bits per heavy atom. The van der Waals surface area contributed by atoms with Crippen LogP contribution in [0.4, 0.5) is 0 Å². The number of nitrogens with zero attached hydrogens (tertiary/aromatic N) is 1. The summed E-state index contributed by atoms with van der Waals surface area (Å²) in [5.74, 6) is -1.73. The molecule has 0 bridgehead atoms. The largest absolute Gasteiger partial charge is 0.481 e. The Bertz CT molecular complexity index is 584. The highest BCUT2D eigenvalue weighted by Gasteiger charge is 2.40. The van der Waals surface area contributed by atoms with Crippen LogP contribution in [0.15, 0.2) is 29.2 Å². The lowest BCUT2D eigenvalue weighted by Crippen LogP contribution is -2.30. The summed E-state index contributed by atoms with van der Waals surface area (Å²) in [6.07, 6.45) is 0. The fourth-order valence-electron chi connectivity index (χ4n) is 2.20. The maximum atomic E-state index is 12.4. The van der Waals surface area contributed by atoms with E-state index in [0.717, 1.165) is 3.57 Å². The number of carbonyl (C=O) groups is 1. The van der Waals surface area contributed by atoms with E-state index in [-0.39, 0.29) is 23.9 Å². The van der Waals surface area contributed by atoms with Crippen molar-refractivity contribution in [2.24, 2.45) is 11.8 Å². The van der Waals surface area contributed by atoms with Crippen molar-refractivity contribution in [2.75, 3.05) is 13.1 Å². The van der Waals surface area contributed by atoms with Gasteiger partial charge in [-0.3, -0.25) is 4.79 Å². The highest BCUT2D eigenvalue weighted by molar-refractivity contribution is 14.1. The summed E-state index contributed by atoms with van der Waals surface area (Å²) >= 11 is 2.10. The maximum Gasteiger partial charge on any atom is 0.308 e. The first-order valence-corrected chi connectivity index (χ1v) is 8.33. The highest BCUT2D eigenvalue weighted by atomic mass is 127. The van der Waals surface area contributed by atoms with Gasteiger partial charge in [0.25, 0.3) is 0 Å². The van der Waals surface area contributed by atoms with Crippen LogP contribution < -0.4 is 0 Å². The van der Waals surface area contributed by atoms with Crippen molar-refractivity contribution in [2.45, 2.75) is 11.8 Å². The van der Waals surface area contributed by atoms with Gasteiger partial charge in [0, 0.05) is 16.7 Å². The highest BCUT2D eigenvalue weighted by Crippen LogP contribution is 2.28. The summed E-state index contributed by atoms with van der Waals surface area (Å²) < 4.78 is 27.0. The molecule has 0 aliphatic carbocycles. The van der Waals surface area contributed by atoms with E-state index < -0.39 is 21.9 Å². The lowest BCUT2D eigenvalue weighted by molar-refractivity contribution is -0.142. The number of aliphatic carboxylic acids is 1. The van der Waals surface area contributed by atoms with E-state index >= 15 is 0 Å². The molecule has 0 radical (unpaired) electrons. The van der Waals surface area contributed by atoms with Gasteiger partial charge in [-0.2, -0.15) is 4.31 Å². The van der Waals surface area contributed by atoms with Crippen LogP contribution in [-0.4, -0.2) is 36.9 Å². The Hall–Kier alpha value is -0.670. The van der Waals surface area contributed by atoms with E-state index in [2.05, 4.69) is 22.6 Å². The van der Waals surface area contributed by atoms with E-state index in [1.54, 1.807) is 31.2 Å². The predicted molar refractivity (Wildman–Crippen MR) is 78.2 cm³/mol.